The van der Waals surface area contributed by atoms with Crippen molar-refractivity contribution in [1.82, 2.24) is 4.57 Å². The van der Waals surface area contributed by atoms with E-state index < -0.39 is 0 Å². The average Bonchev–Trinajstić information content (AvgIpc) is 2.44. The van der Waals surface area contributed by atoms with Gasteiger partial charge in [-0.15, -0.1) is 0 Å². The first-order valence-electron chi connectivity index (χ1n) is 8.56. The molecule has 1 aromatic heterocycles. The Labute approximate surface area is 122 Å². The molecule has 2 heteroatoms. The van der Waals surface area contributed by atoms with Crippen molar-refractivity contribution in [3.8, 4) is 0 Å². The van der Waals surface area contributed by atoms with Gasteiger partial charge in [0.2, 0.25) is 0 Å². The Bertz CT molecular complexity index is 497. The van der Waals surface area contributed by atoms with E-state index in [-0.39, 0.29) is 5.56 Å². The van der Waals surface area contributed by atoms with E-state index in [4.69, 9.17) is 0 Å². The van der Waals surface area contributed by atoms with Gasteiger partial charge in [0.25, 0.3) is 5.56 Å². The van der Waals surface area contributed by atoms with Crippen LogP contribution >= 0.6 is 0 Å². The van der Waals surface area contributed by atoms with Gasteiger partial charge in [0.05, 0.1) is 0 Å². The molecule has 20 heavy (non-hydrogen) atoms. The summed E-state index contributed by atoms with van der Waals surface area (Å²) in [6.45, 7) is 0.974. The number of nitrogens with zero attached hydrogens (tertiary/aromatic N) is 1. The number of hydrogen-bond donors (Lipinski definition) is 0. The third-order valence-corrected chi connectivity index (χ3v) is 5.16. The van der Waals surface area contributed by atoms with Gasteiger partial charge in [-0.05, 0) is 50.0 Å². The van der Waals surface area contributed by atoms with E-state index in [1.54, 1.807) is 0 Å². The van der Waals surface area contributed by atoms with E-state index in [9.17, 15) is 4.79 Å². The van der Waals surface area contributed by atoms with Crippen molar-refractivity contribution >= 4 is 0 Å². The molecule has 0 N–H and O–H groups in total. The van der Waals surface area contributed by atoms with Gasteiger partial charge in [0.15, 0.2) is 0 Å². The fraction of sp³-hybridized carbons (Fsp3) is 0.722. The Morgan fingerprint density at radius 2 is 1.60 bits per heavy atom. The topological polar surface area (TPSA) is 22.0 Å². The molecule has 2 aliphatic rings. The van der Waals surface area contributed by atoms with Crippen molar-refractivity contribution in [2.75, 3.05) is 0 Å². The lowest BCUT2D eigenvalue weighted by Crippen LogP contribution is -2.29. The van der Waals surface area contributed by atoms with Crippen LogP contribution in [0.25, 0.3) is 0 Å². The fourth-order valence-electron chi connectivity index (χ4n) is 3.98. The Morgan fingerprint density at radius 3 is 2.40 bits per heavy atom. The van der Waals surface area contributed by atoms with Crippen LogP contribution in [0.4, 0.5) is 0 Å². The van der Waals surface area contributed by atoms with Crippen molar-refractivity contribution in [2.45, 2.75) is 77.2 Å². The van der Waals surface area contributed by atoms with E-state index in [1.165, 1.54) is 75.5 Å². The van der Waals surface area contributed by atoms with Crippen LogP contribution in [-0.4, -0.2) is 4.57 Å². The van der Waals surface area contributed by atoms with E-state index in [0.717, 1.165) is 18.9 Å². The third kappa shape index (κ3) is 3.16. The van der Waals surface area contributed by atoms with E-state index in [0.29, 0.717) is 0 Å². The zero-order chi connectivity index (χ0) is 13.8. The molecule has 0 aliphatic heterocycles. The molecule has 0 radical (unpaired) electrons. The minimum atomic E-state index is 0.231. The molecular formula is C18H27NO. The van der Waals surface area contributed by atoms with Crippen molar-refractivity contribution in [3.05, 3.63) is 33.7 Å². The van der Waals surface area contributed by atoms with Gasteiger partial charge in [0, 0.05) is 18.3 Å². The highest BCUT2D eigenvalue weighted by Crippen LogP contribution is 2.26. The molecule has 0 unspecified atom stereocenters. The van der Waals surface area contributed by atoms with Gasteiger partial charge in [-0.1, -0.05) is 38.2 Å². The summed E-state index contributed by atoms with van der Waals surface area (Å²) in [5.41, 5.74) is 3.04. The van der Waals surface area contributed by atoms with Crippen molar-refractivity contribution < 1.29 is 0 Å². The van der Waals surface area contributed by atoms with Gasteiger partial charge in [-0.3, -0.25) is 4.79 Å². The molecule has 0 saturated heterocycles. The number of aryl methyl sites for hydroxylation is 1. The van der Waals surface area contributed by atoms with Crippen LogP contribution in [0.15, 0.2) is 16.9 Å². The highest BCUT2D eigenvalue weighted by molar-refractivity contribution is 5.22. The van der Waals surface area contributed by atoms with Gasteiger partial charge in [0.1, 0.15) is 0 Å². The Morgan fingerprint density at radius 1 is 0.900 bits per heavy atom. The number of aromatic nitrogens is 1. The molecule has 1 saturated carbocycles. The Balaban J connectivity index is 1.87. The molecule has 0 amide bonds. The first-order chi connectivity index (χ1) is 9.84. The number of pyridine rings is 1. The van der Waals surface area contributed by atoms with Gasteiger partial charge in [-0.25, -0.2) is 0 Å². The van der Waals surface area contributed by atoms with Crippen LogP contribution in [0.5, 0.6) is 0 Å². The maximum absolute atomic E-state index is 12.3. The van der Waals surface area contributed by atoms with Crippen molar-refractivity contribution in [3.63, 3.8) is 0 Å². The maximum atomic E-state index is 12.3. The summed E-state index contributed by atoms with van der Waals surface area (Å²) in [7, 11) is 0. The van der Waals surface area contributed by atoms with Crippen LogP contribution in [0.2, 0.25) is 0 Å². The summed E-state index contributed by atoms with van der Waals surface area (Å²) in [5.74, 6) is 0.735. The van der Waals surface area contributed by atoms with Crippen LogP contribution in [0.3, 0.4) is 0 Å². The monoisotopic (exact) mass is 273 g/mol. The summed E-state index contributed by atoms with van der Waals surface area (Å²) >= 11 is 0. The molecule has 0 spiro atoms. The molecule has 1 aromatic rings. The van der Waals surface area contributed by atoms with Gasteiger partial charge < -0.3 is 4.57 Å². The quantitative estimate of drug-likeness (QED) is 0.795. The maximum Gasteiger partial charge on any atom is 0.250 e. The Kier molecular flexibility index (Phi) is 4.59. The summed E-state index contributed by atoms with van der Waals surface area (Å²) in [5, 5.41) is 0. The molecule has 2 aliphatic carbocycles. The first kappa shape index (κ1) is 13.9. The SMILES string of the molecule is O=c1ccc2c(n1CC1CCCCC1)CCCCCC2. The minimum Gasteiger partial charge on any atom is -0.312 e. The second-order valence-electron chi connectivity index (χ2n) is 6.67. The first-order valence-corrected chi connectivity index (χ1v) is 8.56. The zero-order valence-electron chi connectivity index (χ0n) is 12.6. The largest absolute Gasteiger partial charge is 0.312 e. The molecule has 2 nitrogen and oxygen atoms in total. The van der Waals surface area contributed by atoms with Crippen LogP contribution < -0.4 is 5.56 Å². The standard InChI is InChI=1S/C18H27NO/c20-18-13-12-16-10-6-1-2-7-11-17(16)19(18)14-15-8-4-3-5-9-15/h12-13,15H,1-11,14H2. The lowest BCUT2D eigenvalue weighted by Gasteiger charge is -2.25. The van der Waals surface area contributed by atoms with Crippen LogP contribution in [0.1, 0.15) is 69.0 Å². The molecule has 3 rings (SSSR count). The molecular weight excluding hydrogens is 246 g/mol. The summed E-state index contributed by atoms with van der Waals surface area (Å²) in [6, 6.07) is 3.91. The number of rotatable bonds is 2. The summed E-state index contributed by atoms with van der Waals surface area (Å²) in [6.07, 6.45) is 14.2. The average molecular weight is 273 g/mol. The number of hydrogen-bond acceptors (Lipinski definition) is 1. The second kappa shape index (κ2) is 6.60. The van der Waals surface area contributed by atoms with Crippen LogP contribution in [-0.2, 0) is 19.4 Å². The summed E-state index contributed by atoms with van der Waals surface area (Å²) < 4.78 is 2.14. The Hall–Kier alpha value is -1.05. The molecule has 0 atom stereocenters. The van der Waals surface area contributed by atoms with Crippen LogP contribution in [0, 0.1) is 5.92 Å². The lowest BCUT2D eigenvalue weighted by atomic mass is 9.88. The normalized spacial score (nSPS) is 21.0. The molecule has 0 bridgehead atoms. The van der Waals surface area contributed by atoms with E-state index in [2.05, 4.69) is 10.6 Å². The van der Waals surface area contributed by atoms with E-state index >= 15 is 0 Å². The predicted octanol–water partition coefficient (Wildman–Crippen LogP) is 4.09. The van der Waals surface area contributed by atoms with Crippen molar-refractivity contribution in [2.24, 2.45) is 5.92 Å². The second-order valence-corrected chi connectivity index (χ2v) is 6.67. The number of fused-ring (bicyclic) bond motifs is 1. The molecule has 0 aromatic carbocycles. The highest BCUT2D eigenvalue weighted by Gasteiger charge is 2.18. The highest BCUT2D eigenvalue weighted by atomic mass is 16.1. The van der Waals surface area contributed by atoms with E-state index in [1.807, 2.05) is 6.07 Å². The molecule has 1 fully saturated rings. The minimum absolute atomic E-state index is 0.231. The zero-order valence-corrected chi connectivity index (χ0v) is 12.6. The fourth-order valence-corrected chi connectivity index (χ4v) is 3.98. The summed E-state index contributed by atoms with van der Waals surface area (Å²) in [4.78, 5) is 12.3. The molecule has 1 heterocycles. The third-order valence-electron chi connectivity index (χ3n) is 5.16. The lowest BCUT2D eigenvalue weighted by molar-refractivity contribution is 0.311. The van der Waals surface area contributed by atoms with Gasteiger partial charge >= 0.3 is 0 Å². The molecule has 110 valence electrons. The van der Waals surface area contributed by atoms with Gasteiger partial charge in [-0.2, -0.15) is 0 Å². The predicted molar refractivity (Wildman–Crippen MR) is 83.2 cm³/mol. The smallest absolute Gasteiger partial charge is 0.250 e. The van der Waals surface area contributed by atoms with Crippen molar-refractivity contribution in [1.29, 1.82) is 0 Å².